The number of hydrogen-bond donors (Lipinski definition) is 0. The van der Waals surface area contributed by atoms with E-state index in [1.165, 1.54) is 37.0 Å². The van der Waals surface area contributed by atoms with Gasteiger partial charge in [0.15, 0.2) is 5.58 Å². The lowest BCUT2D eigenvalue weighted by molar-refractivity contribution is -0.915. The number of nitrogens with zero attached hydrogens (tertiary/aromatic N) is 1. The van der Waals surface area contributed by atoms with Crippen molar-refractivity contribution in [3.8, 4) is 5.75 Å². The van der Waals surface area contributed by atoms with Crippen molar-refractivity contribution >= 4 is 45.1 Å². The molecule has 3 aromatic rings. The average Bonchev–Trinajstić information content (AvgIpc) is 3.04. The van der Waals surface area contributed by atoms with Crippen molar-refractivity contribution in [1.82, 2.24) is 0 Å². The van der Waals surface area contributed by atoms with Gasteiger partial charge in [0.05, 0.1) is 31.7 Å². The van der Waals surface area contributed by atoms with Gasteiger partial charge in [-0.15, -0.1) is 0 Å². The van der Waals surface area contributed by atoms with E-state index in [0.29, 0.717) is 15.6 Å². The maximum atomic E-state index is 6.45. The molecule has 0 aliphatic carbocycles. The molecule has 1 saturated heterocycles. The van der Waals surface area contributed by atoms with Gasteiger partial charge < -0.3 is 13.6 Å². The molecule has 0 amide bonds. The lowest BCUT2D eigenvalue weighted by atomic mass is 10.0. The molecule has 4 rings (SSSR count). The van der Waals surface area contributed by atoms with Gasteiger partial charge in [-0.2, -0.15) is 0 Å². The van der Waals surface area contributed by atoms with Crippen LogP contribution in [0.4, 0.5) is 0 Å². The second-order valence-corrected chi connectivity index (χ2v) is 9.18. The molecule has 1 aromatic heterocycles. The summed E-state index contributed by atoms with van der Waals surface area (Å²) in [4.78, 5) is 0. The topological polar surface area (TPSA) is 22.4 Å². The summed E-state index contributed by atoms with van der Waals surface area (Å²) in [7, 11) is 2.38. The van der Waals surface area contributed by atoms with Gasteiger partial charge in [-0.05, 0) is 37.1 Å². The molecular formula is C23H28Cl2NO2+. The van der Waals surface area contributed by atoms with Crippen LogP contribution in [0, 0.1) is 6.92 Å². The van der Waals surface area contributed by atoms with Crippen molar-refractivity contribution in [3.63, 3.8) is 0 Å². The second-order valence-electron chi connectivity index (χ2n) is 8.40. The molecule has 0 atom stereocenters. The van der Waals surface area contributed by atoms with Crippen LogP contribution in [0.2, 0.25) is 10.0 Å². The Hall–Kier alpha value is -1.42. The van der Waals surface area contributed by atoms with Gasteiger partial charge in [0.1, 0.15) is 17.4 Å². The van der Waals surface area contributed by atoms with Gasteiger partial charge in [0.2, 0.25) is 0 Å². The van der Waals surface area contributed by atoms with Gasteiger partial charge >= 0.3 is 0 Å². The molecule has 150 valence electrons. The monoisotopic (exact) mass is 420 g/mol. The van der Waals surface area contributed by atoms with Gasteiger partial charge in [-0.25, -0.2) is 0 Å². The lowest BCUT2D eigenvalue weighted by Gasteiger charge is -2.40. The van der Waals surface area contributed by atoms with Crippen LogP contribution in [-0.4, -0.2) is 37.3 Å². The van der Waals surface area contributed by atoms with Gasteiger partial charge in [-0.3, -0.25) is 0 Å². The highest BCUT2D eigenvalue weighted by Gasteiger charge is 2.30. The number of benzene rings is 2. The Balaban J connectivity index is 1.53. The van der Waals surface area contributed by atoms with Crippen LogP contribution in [0.5, 0.6) is 5.75 Å². The standard InChI is InChI=1S/C23H28Cl2NO2/c1-4-5-10-26(3)11-8-16(9-12-26)27-17-6-7-18-19-14-20(24)15(2)22(25)23(19)28-21(18)13-17/h6-7,13-14,16H,4-5,8-12H2,1-3H3/q+1. The largest absolute Gasteiger partial charge is 0.490 e. The van der Waals surface area contributed by atoms with E-state index in [0.717, 1.165) is 40.5 Å². The molecule has 3 nitrogen and oxygen atoms in total. The van der Waals surface area contributed by atoms with E-state index in [2.05, 4.69) is 14.0 Å². The molecule has 0 spiro atoms. The third kappa shape index (κ3) is 3.72. The van der Waals surface area contributed by atoms with E-state index in [1.807, 2.05) is 31.2 Å². The van der Waals surface area contributed by atoms with Crippen molar-refractivity contribution in [2.24, 2.45) is 0 Å². The van der Waals surface area contributed by atoms with E-state index in [4.69, 9.17) is 32.4 Å². The van der Waals surface area contributed by atoms with Gasteiger partial charge in [0.25, 0.3) is 0 Å². The first-order chi connectivity index (χ1) is 13.4. The minimum absolute atomic E-state index is 0.273. The molecule has 0 radical (unpaired) electrons. The smallest absolute Gasteiger partial charge is 0.154 e. The molecule has 0 bridgehead atoms. The van der Waals surface area contributed by atoms with Crippen LogP contribution in [-0.2, 0) is 0 Å². The number of piperidine rings is 1. The first-order valence-corrected chi connectivity index (χ1v) is 11.0. The number of fused-ring (bicyclic) bond motifs is 3. The van der Waals surface area contributed by atoms with Crippen molar-refractivity contribution < 1.29 is 13.6 Å². The zero-order valence-corrected chi connectivity index (χ0v) is 18.4. The number of unbranched alkanes of at least 4 members (excludes halogenated alkanes) is 1. The fourth-order valence-electron chi connectivity index (χ4n) is 4.23. The average molecular weight is 421 g/mol. The molecule has 0 unspecified atom stereocenters. The number of halogens is 2. The quantitative estimate of drug-likeness (QED) is 0.414. The Morgan fingerprint density at radius 3 is 2.61 bits per heavy atom. The minimum Gasteiger partial charge on any atom is -0.490 e. The van der Waals surface area contributed by atoms with Crippen LogP contribution in [0.15, 0.2) is 28.7 Å². The molecule has 1 aliphatic rings. The molecule has 5 heteroatoms. The van der Waals surface area contributed by atoms with Crippen LogP contribution >= 0.6 is 23.2 Å². The van der Waals surface area contributed by atoms with Crippen LogP contribution in [0.3, 0.4) is 0 Å². The number of rotatable bonds is 5. The molecular weight excluding hydrogens is 393 g/mol. The van der Waals surface area contributed by atoms with E-state index >= 15 is 0 Å². The number of quaternary nitrogens is 1. The fraction of sp³-hybridized carbons (Fsp3) is 0.478. The SMILES string of the molecule is CCCC[N+]1(C)CCC(Oc2ccc3c(c2)oc2c(Cl)c(C)c(Cl)cc23)CC1. The normalized spacial score (nSPS) is 22.8. The summed E-state index contributed by atoms with van der Waals surface area (Å²) >= 11 is 12.8. The summed E-state index contributed by atoms with van der Waals surface area (Å²) in [6, 6.07) is 7.98. The second kappa shape index (κ2) is 7.78. The number of ether oxygens (including phenoxy) is 1. The number of furan rings is 1. The Kier molecular flexibility index (Phi) is 5.52. The molecule has 2 aromatic carbocycles. The summed E-state index contributed by atoms with van der Waals surface area (Å²) in [6.07, 6.45) is 5.03. The molecule has 28 heavy (non-hydrogen) atoms. The maximum absolute atomic E-state index is 6.45. The van der Waals surface area contributed by atoms with E-state index in [1.54, 1.807) is 0 Å². The number of hydrogen-bond acceptors (Lipinski definition) is 2. The third-order valence-corrected chi connectivity index (χ3v) is 7.04. The van der Waals surface area contributed by atoms with Crippen molar-refractivity contribution in [2.75, 3.05) is 26.7 Å². The predicted octanol–water partition coefficient (Wildman–Crippen LogP) is 6.99. The molecule has 1 fully saturated rings. The molecule has 2 heterocycles. The highest BCUT2D eigenvalue weighted by Crippen LogP contribution is 2.39. The Bertz CT molecular complexity index is 1000. The highest BCUT2D eigenvalue weighted by molar-refractivity contribution is 6.40. The Labute approximate surface area is 176 Å². The van der Waals surface area contributed by atoms with Crippen molar-refractivity contribution in [2.45, 2.75) is 45.6 Å². The lowest BCUT2D eigenvalue weighted by Crippen LogP contribution is -2.52. The van der Waals surface area contributed by atoms with Crippen molar-refractivity contribution in [1.29, 1.82) is 0 Å². The summed E-state index contributed by atoms with van der Waals surface area (Å²) in [5.74, 6) is 0.861. The van der Waals surface area contributed by atoms with E-state index in [9.17, 15) is 0 Å². The van der Waals surface area contributed by atoms with Crippen LogP contribution in [0.1, 0.15) is 38.2 Å². The van der Waals surface area contributed by atoms with E-state index in [-0.39, 0.29) is 6.10 Å². The van der Waals surface area contributed by atoms with Gasteiger partial charge in [0, 0.05) is 34.7 Å². The summed E-state index contributed by atoms with van der Waals surface area (Å²) in [5.41, 5.74) is 2.32. The van der Waals surface area contributed by atoms with Crippen LogP contribution in [0.25, 0.3) is 21.9 Å². The summed E-state index contributed by atoms with van der Waals surface area (Å²) in [6.45, 7) is 7.81. The Morgan fingerprint density at radius 2 is 1.89 bits per heavy atom. The first-order valence-electron chi connectivity index (χ1n) is 10.2. The zero-order chi connectivity index (χ0) is 19.9. The summed E-state index contributed by atoms with van der Waals surface area (Å²) in [5, 5.41) is 3.20. The molecule has 1 aliphatic heterocycles. The fourth-order valence-corrected chi connectivity index (χ4v) is 4.72. The summed E-state index contributed by atoms with van der Waals surface area (Å²) < 4.78 is 13.5. The predicted molar refractivity (Wildman–Crippen MR) is 118 cm³/mol. The van der Waals surface area contributed by atoms with Crippen molar-refractivity contribution in [3.05, 3.63) is 39.9 Å². The number of likely N-dealkylation sites (tertiary alicyclic amines) is 1. The third-order valence-electron chi connectivity index (χ3n) is 6.19. The van der Waals surface area contributed by atoms with Gasteiger partial charge in [-0.1, -0.05) is 36.5 Å². The molecule has 0 N–H and O–H groups in total. The van der Waals surface area contributed by atoms with E-state index < -0.39 is 0 Å². The molecule has 0 saturated carbocycles. The Morgan fingerprint density at radius 1 is 1.14 bits per heavy atom. The van der Waals surface area contributed by atoms with Crippen LogP contribution < -0.4 is 4.74 Å². The minimum atomic E-state index is 0.273. The maximum Gasteiger partial charge on any atom is 0.154 e. The first kappa shape index (κ1) is 19.9. The zero-order valence-electron chi connectivity index (χ0n) is 16.9. The highest BCUT2D eigenvalue weighted by atomic mass is 35.5.